The van der Waals surface area contributed by atoms with E-state index in [1.165, 1.54) is 80.9 Å². The van der Waals surface area contributed by atoms with Crippen LogP contribution in [0.25, 0.3) is 0 Å². The van der Waals surface area contributed by atoms with Crippen molar-refractivity contribution in [3.63, 3.8) is 0 Å². The number of ether oxygens (including phenoxy) is 3. The Morgan fingerprint density at radius 3 is 1.42 bits per heavy atom. The van der Waals surface area contributed by atoms with E-state index in [0.717, 1.165) is 54.0 Å². The van der Waals surface area contributed by atoms with Gasteiger partial charge in [0.05, 0.1) is 30.8 Å². The van der Waals surface area contributed by atoms with Gasteiger partial charge in [-0.05, 0) is 171 Å². The van der Waals surface area contributed by atoms with Gasteiger partial charge < -0.3 is 28.4 Å². The van der Waals surface area contributed by atoms with Crippen LogP contribution in [0.15, 0.2) is 39.4 Å². The van der Waals surface area contributed by atoms with Crippen LogP contribution >= 0.6 is 0 Å². The summed E-state index contributed by atoms with van der Waals surface area (Å²) in [6.07, 6.45) is 15.7. The average molecular weight is 929 g/mol. The lowest BCUT2D eigenvalue weighted by molar-refractivity contribution is -0.156. The zero-order valence-electron chi connectivity index (χ0n) is 43.6. The molecular formula is C57H88N2O8. The summed E-state index contributed by atoms with van der Waals surface area (Å²) in [6, 6.07) is 10.2. The van der Waals surface area contributed by atoms with Crippen LogP contribution in [0.3, 0.4) is 0 Å². The highest BCUT2D eigenvalue weighted by Gasteiger charge is 2.44. The number of nitrogens with zero attached hydrogens (tertiary/aromatic N) is 2. The van der Waals surface area contributed by atoms with Gasteiger partial charge in [-0.15, -0.1) is 0 Å². The van der Waals surface area contributed by atoms with Crippen molar-refractivity contribution in [3.8, 4) is 0 Å². The molecule has 0 spiro atoms. The van der Waals surface area contributed by atoms with Crippen LogP contribution in [0.1, 0.15) is 261 Å². The van der Waals surface area contributed by atoms with Gasteiger partial charge in [0, 0.05) is 48.0 Å². The first-order valence-corrected chi connectivity index (χ1v) is 26.1. The molecule has 67 heavy (non-hydrogen) atoms. The molecule has 1 aromatic carbocycles. The molecule has 0 amide bonds. The Morgan fingerprint density at radius 1 is 0.627 bits per heavy atom. The molecule has 2 atom stereocenters. The van der Waals surface area contributed by atoms with Crippen molar-refractivity contribution in [2.24, 2.45) is 22.7 Å². The molecule has 2 aromatic heterocycles. The van der Waals surface area contributed by atoms with Crippen molar-refractivity contribution >= 4 is 11.9 Å². The van der Waals surface area contributed by atoms with Crippen LogP contribution in [-0.4, -0.2) is 51.8 Å². The van der Waals surface area contributed by atoms with E-state index in [1.807, 2.05) is 59.7 Å². The molecule has 4 saturated carbocycles. The zero-order chi connectivity index (χ0) is 48.7. The van der Waals surface area contributed by atoms with Gasteiger partial charge in [-0.2, -0.15) is 0 Å². The number of carbonyl (C=O) groups excluding carboxylic acids is 2. The maximum atomic E-state index is 12.9. The number of carbonyl (C=O) groups is 2. The Bertz CT molecular complexity index is 2000. The Hall–Kier alpha value is -3.50. The summed E-state index contributed by atoms with van der Waals surface area (Å²) in [5.74, 6) is 5.30. The molecule has 1 N–H and O–H groups in total. The van der Waals surface area contributed by atoms with E-state index in [2.05, 4.69) is 64.0 Å². The van der Waals surface area contributed by atoms with Crippen molar-refractivity contribution in [2.75, 3.05) is 13.2 Å². The minimum atomic E-state index is -0.499. The lowest BCUT2D eigenvalue weighted by Crippen LogP contribution is -2.26. The van der Waals surface area contributed by atoms with Crippen LogP contribution in [0, 0.1) is 22.7 Å². The number of hydrogen-bond acceptors (Lipinski definition) is 10. The molecule has 0 radical (unpaired) electrons. The normalized spacial score (nSPS) is 21.9. The van der Waals surface area contributed by atoms with E-state index in [4.69, 9.17) is 23.3 Å². The number of aliphatic hydroxyl groups is 1. The molecule has 374 valence electrons. The molecule has 4 aliphatic carbocycles. The van der Waals surface area contributed by atoms with E-state index in [1.54, 1.807) is 0 Å². The number of aromatic nitrogens is 2. The van der Waals surface area contributed by atoms with Crippen molar-refractivity contribution in [2.45, 2.75) is 239 Å². The van der Waals surface area contributed by atoms with Crippen LogP contribution < -0.4 is 0 Å². The lowest BCUT2D eigenvalue weighted by Gasteiger charge is -2.38. The molecule has 2 unspecified atom stereocenters. The number of rotatable bonds is 21. The second kappa shape index (κ2) is 22.5. The first kappa shape index (κ1) is 52.9. The van der Waals surface area contributed by atoms with Crippen molar-refractivity contribution < 1.29 is 38.0 Å². The molecule has 7 rings (SSSR count). The van der Waals surface area contributed by atoms with E-state index >= 15 is 0 Å². The van der Waals surface area contributed by atoms with Gasteiger partial charge in [-0.3, -0.25) is 9.59 Å². The molecule has 4 fully saturated rings. The standard InChI is InChI=1S/C32H47NO4.C25H41NO4/c1-31(2,3)20-23-17-26(18-23)30-28(24-14-15-24)29(33-37-30)25(19-27(34)36-32(4,5)6)13-10-16-35-21-22-11-8-7-9-12-22;1-24(2,3)15-16-12-19(13-16)23-21(17-9-10-17)22(26-30-23)18(8-7-11-27)14-20(28)29-25(4,5)6/h7-9,11-12,23-26H,10,13-21H2,1-6H3;16-19,27H,7-15H2,1-6H3. The zero-order valence-corrected chi connectivity index (χ0v) is 43.6. The highest BCUT2D eigenvalue weighted by molar-refractivity contribution is 5.71. The molecule has 10 nitrogen and oxygen atoms in total. The van der Waals surface area contributed by atoms with Gasteiger partial charge in [0.1, 0.15) is 22.7 Å². The van der Waals surface area contributed by atoms with Gasteiger partial charge in [0.2, 0.25) is 0 Å². The lowest BCUT2D eigenvalue weighted by atomic mass is 9.66. The summed E-state index contributed by atoms with van der Waals surface area (Å²) < 4.78 is 29.3. The molecule has 10 heteroatoms. The van der Waals surface area contributed by atoms with Crippen molar-refractivity contribution in [1.82, 2.24) is 10.3 Å². The van der Waals surface area contributed by atoms with Crippen LogP contribution in [0.5, 0.6) is 0 Å². The van der Waals surface area contributed by atoms with Gasteiger partial charge in [-0.25, -0.2) is 0 Å². The van der Waals surface area contributed by atoms with Gasteiger partial charge in [0.25, 0.3) is 0 Å². The first-order valence-electron chi connectivity index (χ1n) is 26.1. The van der Waals surface area contributed by atoms with Gasteiger partial charge in [-0.1, -0.05) is 82.2 Å². The van der Waals surface area contributed by atoms with Crippen LogP contribution in [0.2, 0.25) is 0 Å². The van der Waals surface area contributed by atoms with Gasteiger partial charge >= 0.3 is 11.9 Å². The second-order valence-corrected chi connectivity index (χ2v) is 25.4. The maximum absolute atomic E-state index is 12.9. The van der Waals surface area contributed by atoms with Gasteiger partial charge in [0.15, 0.2) is 0 Å². The third-order valence-electron chi connectivity index (χ3n) is 13.7. The second-order valence-electron chi connectivity index (χ2n) is 25.4. The van der Waals surface area contributed by atoms with Crippen molar-refractivity contribution in [1.29, 1.82) is 0 Å². The quantitative estimate of drug-likeness (QED) is 0.0813. The third kappa shape index (κ3) is 16.9. The Morgan fingerprint density at radius 2 is 1.04 bits per heavy atom. The third-order valence-corrected chi connectivity index (χ3v) is 13.7. The molecule has 4 aliphatic rings. The van der Waals surface area contributed by atoms with E-state index in [0.29, 0.717) is 67.0 Å². The molecule has 3 aromatic rings. The summed E-state index contributed by atoms with van der Waals surface area (Å²) >= 11 is 0. The molecule has 2 heterocycles. The Balaban J connectivity index is 0.000000226. The number of hydrogen-bond donors (Lipinski definition) is 1. The van der Waals surface area contributed by atoms with Crippen LogP contribution in [-0.2, 0) is 30.4 Å². The summed E-state index contributed by atoms with van der Waals surface area (Å²) in [6.45, 7) is 26.7. The fraction of sp³-hybridized carbons (Fsp3) is 0.754. The van der Waals surface area contributed by atoms with Crippen LogP contribution in [0.4, 0.5) is 0 Å². The largest absolute Gasteiger partial charge is 0.460 e. The maximum Gasteiger partial charge on any atom is 0.306 e. The average Bonchev–Trinajstić information content (AvgIpc) is 4.12. The monoisotopic (exact) mass is 929 g/mol. The predicted molar refractivity (Wildman–Crippen MR) is 264 cm³/mol. The highest BCUT2D eigenvalue weighted by atomic mass is 16.6. The molecule has 0 bridgehead atoms. The fourth-order valence-corrected chi connectivity index (χ4v) is 10.7. The topological polar surface area (TPSA) is 134 Å². The molecule has 0 aliphatic heterocycles. The SMILES string of the molecule is CC(C)(C)CC1CC(c2onc(C(CCCO)CC(=O)OC(C)(C)C)c2C2CC2)C1.CC(C)(C)CC1CC(c2onc(C(CCCOCc3ccccc3)CC(=O)OC(C)(C)C)c2C2CC2)C1. The van der Waals surface area contributed by atoms with E-state index in [9.17, 15) is 14.7 Å². The Kier molecular flexibility index (Phi) is 17.8. The van der Waals surface area contributed by atoms with E-state index in [-0.39, 0.29) is 30.4 Å². The Labute approximate surface area is 403 Å². The summed E-state index contributed by atoms with van der Waals surface area (Å²) in [4.78, 5) is 25.4. The summed E-state index contributed by atoms with van der Waals surface area (Å²) in [5, 5.41) is 18.5. The minimum Gasteiger partial charge on any atom is -0.460 e. The number of esters is 2. The van der Waals surface area contributed by atoms with Crippen molar-refractivity contribution in [3.05, 3.63) is 69.9 Å². The summed E-state index contributed by atoms with van der Waals surface area (Å²) in [5.41, 5.74) is 5.46. The predicted octanol–water partition coefficient (Wildman–Crippen LogP) is 14.4. The molecular weight excluding hydrogens is 841 g/mol. The molecule has 0 saturated heterocycles. The summed E-state index contributed by atoms with van der Waals surface area (Å²) in [7, 11) is 0. The minimum absolute atomic E-state index is 0.00581. The number of benzene rings is 1. The van der Waals surface area contributed by atoms with E-state index < -0.39 is 11.2 Å². The fourth-order valence-electron chi connectivity index (χ4n) is 10.7. The highest BCUT2D eigenvalue weighted by Crippen LogP contribution is 2.55. The number of aliphatic hydroxyl groups excluding tert-OH is 1. The first-order chi connectivity index (χ1) is 31.4. The smallest absolute Gasteiger partial charge is 0.306 e.